The second kappa shape index (κ2) is 6.89. The number of rotatable bonds is 4. The van der Waals surface area contributed by atoms with Gasteiger partial charge in [0.15, 0.2) is 5.82 Å². The molecule has 2 heterocycles. The molecule has 0 aliphatic heterocycles. The summed E-state index contributed by atoms with van der Waals surface area (Å²) >= 11 is 0. The van der Waals surface area contributed by atoms with E-state index in [9.17, 15) is 5.11 Å². The fraction of sp³-hybridized carbons (Fsp3) is 0.429. The van der Waals surface area contributed by atoms with E-state index in [0.29, 0.717) is 17.3 Å². The normalized spacial score (nSPS) is 23.7. The van der Waals surface area contributed by atoms with Crippen molar-refractivity contribution in [1.29, 1.82) is 0 Å². The van der Waals surface area contributed by atoms with Crippen LogP contribution in [0, 0.1) is 11.8 Å². The SMILES string of the molecule is CN(c1ccc(-c2ccc(-n3ccnn3)cc2O)nn1)[C@H]1C[C@@H]2CC[C@@H](C2)C1. The zero-order valence-electron chi connectivity index (χ0n) is 15.9. The lowest BCUT2D eigenvalue weighted by Gasteiger charge is -2.35. The van der Waals surface area contributed by atoms with Gasteiger partial charge < -0.3 is 10.0 Å². The summed E-state index contributed by atoms with van der Waals surface area (Å²) in [5, 5.41) is 27.0. The van der Waals surface area contributed by atoms with Crippen LogP contribution in [0.25, 0.3) is 16.9 Å². The van der Waals surface area contributed by atoms with E-state index in [0.717, 1.165) is 23.3 Å². The number of hydrogen-bond donors (Lipinski definition) is 1. The Bertz CT molecular complexity index is 944. The molecule has 3 atom stereocenters. The molecule has 0 unspecified atom stereocenters. The minimum Gasteiger partial charge on any atom is -0.507 e. The number of benzene rings is 1. The Balaban J connectivity index is 1.35. The third-order valence-corrected chi connectivity index (χ3v) is 6.36. The first-order valence-corrected chi connectivity index (χ1v) is 9.94. The van der Waals surface area contributed by atoms with Crippen molar-refractivity contribution in [2.45, 2.75) is 38.1 Å². The van der Waals surface area contributed by atoms with Crippen molar-refractivity contribution >= 4 is 5.82 Å². The average Bonchev–Trinajstić information content (AvgIpc) is 3.37. The predicted molar refractivity (Wildman–Crippen MR) is 106 cm³/mol. The summed E-state index contributed by atoms with van der Waals surface area (Å²) < 4.78 is 1.60. The lowest BCUT2D eigenvalue weighted by atomic mass is 9.85. The van der Waals surface area contributed by atoms with Gasteiger partial charge in [0.2, 0.25) is 0 Å². The van der Waals surface area contributed by atoms with Crippen molar-refractivity contribution in [3.05, 3.63) is 42.7 Å². The van der Waals surface area contributed by atoms with E-state index >= 15 is 0 Å². The van der Waals surface area contributed by atoms with Crippen molar-refractivity contribution in [3.63, 3.8) is 0 Å². The highest BCUT2D eigenvalue weighted by atomic mass is 16.3. The number of phenols is 1. The lowest BCUT2D eigenvalue weighted by Crippen LogP contribution is -2.37. The second-order valence-corrected chi connectivity index (χ2v) is 8.11. The van der Waals surface area contributed by atoms with E-state index in [1.165, 1.54) is 32.1 Å². The summed E-state index contributed by atoms with van der Waals surface area (Å²) in [5.74, 6) is 2.82. The molecule has 2 aliphatic rings. The molecule has 1 N–H and O–H groups in total. The van der Waals surface area contributed by atoms with E-state index in [4.69, 9.17) is 0 Å². The van der Waals surface area contributed by atoms with Gasteiger partial charge in [0, 0.05) is 24.7 Å². The molecule has 2 aromatic heterocycles. The predicted octanol–water partition coefficient (Wildman–Crippen LogP) is 3.44. The highest BCUT2D eigenvalue weighted by Crippen LogP contribution is 2.43. The molecule has 144 valence electrons. The minimum absolute atomic E-state index is 0.146. The Morgan fingerprint density at radius 2 is 1.86 bits per heavy atom. The van der Waals surface area contributed by atoms with Crippen LogP contribution >= 0.6 is 0 Å². The van der Waals surface area contributed by atoms with E-state index < -0.39 is 0 Å². The highest BCUT2D eigenvalue weighted by Gasteiger charge is 2.36. The number of hydrogen-bond acceptors (Lipinski definition) is 6. The maximum atomic E-state index is 10.5. The van der Waals surface area contributed by atoms with Gasteiger partial charge in [-0.3, -0.25) is 0 Å². The number of aromatic hydroxyl groups is 1. The summed E-state index contributed by atoms with van der Waals surface area (Å²) in [4.78, 5) is 2.29. The van der Waals surface area contributed by atoms with Gasteiger partial charge in [-0.1, -0.05) is 18.1 Å². The zero-order valence-corrected chi connectivity index (χ0v) is 15.9. The van der Waals surface area contributed by atoms with Gasteiger partial charge in [-0.05, 0) is 55.4 Å². The Labute approximate surface area is 164 Å². The fourth-order valence-corrected chi connectivity index (χ4v) is 4.86. The van der Waals surface area contributed by atoms with Crippen molar-refractivity contribution in [1.82, 2.24) is 25.2 Å². The van der Waals surface area contributed by atoms with Gasteiger partial charge in [-0.15, -0.1) is 15.3 Å². The van der Waals surface area contributed by atoms with Crippen LogP contribution in [0.4, 0.5) is 5.82 Å². The molecular weight excluding hydrogens is 352 g/mol. The summed E-state index contributed by atoms with van der Waals surface area (Å²) in [6, 6.07) is 9.86. The molecule has 0 saturated heterocycles. The summed E-state index contributed by atoms with van der Waals surface area (Å²) in [6.45, 7) is 0. The summed E-state index contributed by atoms with van der Waals surface area (Å²) in [6.07, 6.45) is 10.1. The third kappa shape index (κ3) is 3.10. The van der Waals surface area contributed by atoms with Gasteiger partial charge in [0.1, 0.15) is 5.75 Å². The zero-order chi connectivity index (χ0) is 19.1. The number of nitrogens with zero attached hydrogens (tertiary/aromatic N) is 6. The highest BCUT2D eigenvalue weighted by molar-refractivity contribution is 5.68. The van der Waals surface area contributed by atoms with E-state index in [1.807, 2.05) is 24.3 Å². The second-order valence-electron chi connectivity index (χ2n) is 8.11. The molecule has 0 amide bonds. The number of aromatic nitrogens is 5. The van der Waals surface area contributed by atoms with Crippen LogP contribution in [0.5, 0.6) is 5.75 Å². The Kier molecular flexibility index (Phi) is 4.22. The van der Waals surface area contributed by atoms with Crippen molar-refractivity contribution < 1.29 is 5.11 Å². The van der Waals surface area contributed by atoms with Crippen LogP contribution in [0.2, 0.25) is 0 Å². The Morgan fingerprint density at radius 3 is 2.50 bits per heavy atom. The molecule has 7 nitrogen and oxygen atoms in total. The number of anilines is 1. The monoisotopic (exact) mass is 376 g/mol. The fourth-order valence-electron chi connectivity index (χ4n) is 4.86. The smallest absolute Gasteiger partial charge is 0.151 e. The van der Waals surface area contributed by atoms with Crippen molar-refractivity contribution in [2.24, 2.45) is 11.8 Å². The maximum Gasteiger partial charge on any atom is 0.151 e. The van der Waals surface area contributed by atoms with Gasteiger partial charge >= 0.3 is 0 Å². The molecule has 2 fully saturated rings. The lowest BCUT2D eigenvalue weighted by molar-refractivity contribution is 0.312. The first-order valence-electron chi connectivity index (χ1n) is 9.94. The van der Waals surface area contributed by atoms with Gasteiger partial charge in [0.05, 0.1) is 23.8 Å². The molecule has 0 radical (unpaired) electrons. The van der Waals surface area contributed by atoms with Crippen LogP contribution in [0.3, 0.4) is 0 Å². The Hall–Kier alpha value is -2.96. The first-order chi connectivity index (χ1) is 13.7. The van der Waals surface area contributed by atoms with E-state index in [-0.39, 0.29) is 5.75 Å². The molecule has 1 aromatic carbocycles. The largest absolute Gasteiger partial charge is 0.507 e. The van der Waals surface area contributed by atoms with Crippen molar-refractivity contribution in [3.8, 4) is 22.7 Å². The quantitative estimate of drug-likeness (QED) is 0.751. The summed E-state index contributed by atoms with van der Waals surface area (Å²) in [7, 11) is 2.13. The molecule has 5 rings (SSSR count). The molecule has 2 aliphatic carbocycles. The topological polar surface area (TPSA) is 80.0 Å². The maximum absolute atomic E-state index is 10.5. The average molecular weight is 376 g/mol. The standard InChI is InChI=1S/C21H24N6O/c1-26(17-11-14-2-3-15(10-14)12-17)21-7-6-19(23-24-21)18-5-4-16(13-20(18)28)27-9-8-22-25-27/h4-9,13-15,17,28H,2-3,10-12H2,1H3/t14-,15+,17+. The molecule has 0 spiro atoms. The van der Waals surface area contributed by atoms with E-state index in [2.05, 4.69) is 32.5 Å². The molecule has 3 aromatic rings. The summed E-state index contributed by atoms with van der Waals surface area (Å²) in [5.41, 5.74) is 2.06. The number of phenolic OH excluding ortho intramolecular Hbond substituents is 1. The number of fused-ring (bicyclic) bond motifs is 2. The Morgan fingerprint density at radius 1 is 1.04 bits per heavy atom. The molecular formula is C21H24N6O. The van der Waals surface area contributed by atoms with Crippen LogP contribution in [0.15, 0.2) is 42.7 Å². The van der Waals surface area contributed by atoms with Crippen LogP contribution in [0.1, 0.15) is 32.1 Å². The van der Waals surface area contributed by atoms with Gasteiger partial charge in [-0.25, -0.2) is 4.68 Å². The molecule has 2 bridgehead atoms. The van der Waals surface area contributed by atoms with Crippen LogP contribution in [-0.2, 0) is 0 Å². The molecule has 7 heteroatoms. The van der Waals surface area contributed by atoms with Crippen molar-refractivity contribution in [2.75, 3.05) is 11.9 Å². The van der Waals surface area contributed by atoms with Gasteiger partial charge in [0.25, 0.3) is 0 Å². The minimum atomic E-state index is 0.146. The van der Waals surface area contributed by atoms with Gasteiger partial charge in [-0.2, -0.15) is 0 Å². The molecule has 2 saturated carbocycles. The van der Waals surface area contributed by atoms with Crippen LogP contribution < -0.4 is 4.90 Å². The van der Waals surface area contributed by atoms with Crippen LogP contribution in [-0.4, -0.2) is 43.4 Å². The first kappa shape index (κ1) is 17.2. The third-order valence-electron chi connectivity index (χ3n) is 6.36. The van der Waals surface area contributed by atoms with E-state index in [1.54, 1.807) is 23.1 Å². The molecule has 28 heavy (non-hydrogen) atoms.